The molecule has 0 radical (unpaired) electrons. The highest BCUT2D eigenvalue weighted by atomic mass is 16.5. The maximum absolute atomic E-state index is 5.75. The van der Waals surface area contributed by atoms with Gasteiger partial charge < -0.3 is 15.8 Å². The minimum Gasteiger partial charge on any atom is -0.491 e. The maximum Gasteiger partial charge on any atom is 0.157 e. The number of aromatic nitrogens is 2. The molecule has 5 heteroatoms. The lowest BCUT2D eigenvalue weighted by Gasteiger charge is -2.11. The number of benzene rings is 1. The van der Waals surface area contributed by atoms with E-state index in [1.54, 1.807) is 6.20 Å². The molecule has 5 nitrogen and oxygen atoms in total. The third-order valence-corrected chi connectivity index (χ3v) is 2.23. The van der Waals surface area contributed by atoms with Gasteiger partial charge in [-0.1, -0.05) is 0 Å². The van der Waals surface area contributed by atoms with E-state index in [1.165, 1.54) is 6.33 Å². The van der Waals surface area contributed by atoms with Crippen LogP contribution >= 0.6 is 0 Å². The molecule has 0 bridgehead atoms. The summed E-state index contributed by atoms with van der Waals surface area (Å²) < 4.78 is 5.57. The summed E-state index contributed by atoms with van der Waals surface area (Å²) in [7, 11) is 0. The Balaban J connectivity index is 2.09. The fourth-order valence-electron chi connectivity index (χ4n) is 1.47. The van der Waals surface area contributed by atoms with E-state index in [2.05, 4.69) is 15.3 Å². The average Bonchev–Trinajstić information content (AvgIpc) is 2.34. The lowest BCUT2D eigenvalue weighted by Crippen LogP contribution is -2.05. The van der Waals surface area contributed by atoms with E-state index in [9.17, 15) is 0 Å². The molecular formula is C13H16N4O. The molecule has 2 aromatic rings. The number of hydrogen-bond acceptors (Lipinski definition) is 5. The van der Waals surface area contributed by atoms with Crippen LogP contribution in [-0.2, 0) is 0 Å². The second-order valence-electron chi connectivity index (χ2n) is 4.14. The summed E-state index contributed by atoms with van der Waals surface area (Å²) >= 11 is 0. The Morgan fingerprint density at radius 2 is 1.94 bits per heavy atom. The number of nitrogens with one attached hydrogen (secondary N) is 1. The largest absolute Gasteiger partial charge is 0.491 e. The van der Waals surface area contributed by atoms with Gasteiger partial charge in [0.1, 0.15) is 12.1 Å². The summed E-state index contributed by atoms with van der Waals surface area (Å²) in [5, 5.41) is 3.12. The smallest absolute Gasteiger partial charge is 0.157 e. The first-order valence-electron chi connectivity index (χ1n) is 5.74. The normalized spacial score (nSPS) is 10.4. The summed E-state index contributed by atoms with van der Waals surface area (Å²) in [6, 6.07) is 7.64. The Morgan fingerprint density at radius 3 is 2.56 bits per heavy atom. The van der Waals surface area contributed by atoms with Crippen LogP contribution in [0, 0.1) is 0 Å². The summed E-state index contributed by atoms with van der Waals surface area (Å²) in [4.78, 5) is 7.90. The Kier molecular flexibility index (Phi) is 3.62. The summed E-state index contributed by atoms with van der Waals surface area (Å²) in [5.41, 5.74) is 7.17. The highest BCUT2D eigenvalue weighted by Gasteiger charge is 2.01. The molecule has 3 N–H and O–H groups in total. The van der Waals surface area contributed by atoms with Crippen LogP contribution in [0.1, 0.15) is 13.8 Å². The zero-order valence-electron chi connectivity index (χ0n) is 10.4. The molecule has 0 amide bonds. The molecule has 0 atom stereocenters. The number of rotatable bonds is 4. The van der Waals surface area contributed by atoms with Crippen LogP contribution in [0.2, 0.25) is 0 Å². The lowest BCUT2D eigenvalue weighted by atomic mass is 10.3. The van der Waals surface area contributed by atoms with Crippen molar-refractivity contribution in [2.75, 3.05) is 11.1 Å². The molecule has 0 spiro atoms. The van der Waals surface area contributed by atoms with Gasteiger partial charge in [-0.05, 0) is 38.1 Å². The van der Waals surface area contributed by atoms with Crippen LogP contribution in [0.25, 0.3) is 0 Å². The Bertz CT molecular complexity index is 511. The standard InChI is InChI=1S/C13H16N4O/c1-9(2)18-11-5-3-10(4-6-11)17-13-12(14)7-15-8-16-13/h3-9H,14H2,1-2H3,(H,15,16,17). The first-order chi connectivity index (χ1) is 8.65. The predicted octanol–water partition coefficient (Wildman–Crippen LogP) is 2.59. The van der Waals surface area contributed by atoms with Crippen LogP contribution in [0.15, 0.2) is 36.8 Å². The molecule has 1 aromatic heterocycles. The van der Waals surface area contributed by atoms with Gasteiger partial charge in [-0.3, -0.25) is 0 Å². The Morgan fingerprint density at radius 1 is 1.22 bits per heavy atom. The van der Waals surface area contributed by atoms with Gasteiger partial charge in [-0.2, -0.15) is 0 Å². The van der Waals surface area contributed by atoms with E-state index in [4.69, 9.17) is 10.5 Å². The number of nitrogens with zero attached hydrogens (tertiary/aromatic N) is 2. The van der Waals surface area contributed by atoms with Gasteiger partial charge in [0.05, 0.1) is 18.0 Å². The second kappa shape index (κ2) is 5.35. The fourth-order valence-corrected chi connectivity index (χ4v) is 1.47. The zero-order chi connectivity index (χ0) is 13.0. The Hall–Kier alpha value is -2.30. The first-order valence-corrected chi connectivity index (χ1v) is 5.74. The topological polar surface area (TPSA) is 73.1 Å². The third-order valence-electron chi connectivity index (χ3n) is 2.23. The van der Waals surface area contributed by atoms with Crippen molar-refractivity contribution in [2.24, 2.45) is 0 Å². The van der Waals surface area contributed by atoms with Gasteiger partial charge in [-0.25, -0.2) is 9.97 Å². The molecule has 1 aromatic carbocycles. The molecule has 0 saturated heterocycles. The van der Waals surface area contributed by atoms with Gasteiger partial charge in [0.25, 0.3) is 0 Å². The molecule has 2 rings (SSSR count). The van der Waals surface area contributed by atoms with Crippen molar-refractivity contribution in [3.8, 4) is 5.75 Å². The zero-order valence-corrected chi connectivity index (χ0v) is 10.4. The van der Waals surface area contributed by atoms with Crippen LogP contribution < -0.4 is 15.8 Å². The van der Waals surface area contributed by atoms with E-state index in [0.717, 1.165) is 11.4 Å². The minimum atomic E-state index is 0.168. The predicted molar refractivity (Wildman–Crippen MR) is 71.9 cm³/mol. The van der Waals surface area contributed by atoms with Crippen molar-refractivity contribution < 1.29 is 4.74 Å². The average molecular weight is 244 g/mol. The molecule has 0 unspecified atom stereocenters. The van der Waals surface area contributed by atoms with Crippen molar-refractivity contribution in [1.29, 1.82) is 0 Å². The number of nitrogens with two attached hydrogens (primary N) is 1. The molecular weight excluding hydrogens is 228 g/mol. The van der Waals surface area contributed by atoms with Crippen molar-refractivity contribution in [1.82, 2.24) is 9.97 Å². The quantitative estimate of drug-likeness (QED) is 0.864. The molecule has 0 saturated carbocycles. The van der Waals surface area contributed by atoms with Gasteiger partial charge in [0, 0.05) is 5.69 Å². The molecule has 94 valence electrons. The van der Waals surface area contributed by atoms with Gasteiger partial charge >= 0.3 is 0 Å². The van der Waals surface area contributed by atoms with E-state index in [0.29, 0.717) is 11.5 Å². The maximum atomic E-state index is 5.75. The molecule has 0 aliphatic heterocycles. The number of ether oxygens (including phenoxy) is 1. The highest BCUT2D eigenvalue weighted by molar-refractivity contribution is 5.67. The van der Waals surface area contributed by atoms with Crippen molar-refractivity contribution in [3.05, 3.63) is 36.8 Å². The van der Waals surface area contributed by atoms with E-state index >= 15 is 0 Å². The summed E-state index contributed by atoms with van der Waals surface area (Å²) in [6.45, 7) is 3.99. The number of hydrogen-bond donors (Lipinski definition) is 2. The van der Waals surface area contributed by atoms with Crippen molar-refractivity contribution >= 4 is 17.2 Å². The molecule has 0 aliphatic rings. The number of anilines is 3. The molecule has 18 heavy (non-hydrogen) atoms. The van der Waals surface area contributed by atoms with Crippen LogP contribution in [0.4, 0.5) is 17.2 Å². The second-order valence-corrected chi connectivity index (χ2v) is 4.14. The molecule has 0 fully saturated rings. The van der Waals surface area contributed by atoms with Gasteiger partial charge in [0.2, 0.25) is 0 Å². The molecule has 0 aliphatic carbocycles. The van der Waals surface area contributed by atoms with Crippen LogP contribution in [0.5, 0.6) is 5.75 Å². The lowest BCUT2D eigenvalue weighted by molar-refractivity contribution is 0.242. The first kappa shape index (κ1) is 12.2. The van der Waals surface area contributed by atoms with Crippen LogP contribution in [0.3, 0.4) is 0 Å². The van der Waals surface area contributed by atoms with Gasteiger partial charge in [-0.15, -0.1) is 0 Å². The monoisotopic (exact) mass is 244 g/mol. The minimum absolute atomic E-state index is 0.168. The van der Waals surface area contributed by atoms with E-state index in [-0.39, 0.29) is 6.10 Å². The summed E-state index contributed by atoms with van der Waals surface area (Å²) in [5.74, 6) is 1.44. The third kappa shape index (κ3) is 3.10. The van der Waals surface area contributed by atoms with E-state index in [1.807, 2.05) is 38.1 Å². The van der Waals surface area contributed by atoms with Gasteiger partial charge in [0.15, 0.2) is 5.82 Å². The van der Waals surface area contributed by atoms with Crippen molar-refractivity contribution in [2.45, 2.75) is 20.0 Å². The van der Waals surface area contributed by atoms with Crippen molar-refractivity contribution in [3.63, 3.8) is 0 Å². The van der Waals surface area contributed by atoms with E-state index < -0.39 is 0 Å². The highest BCUT2D eigenvalue weighted by Crippen LogP contribution is 2.22. The Labute approximate surface area is 106 Å². The number of nitrogen functional groups attached to an aromatic ring is 1. The SMILES string of the molecule is CC(C)Oc1ccc(Nc2ncncc2N)cc1. The van der Waals surface area contributed by atoms with Crippen LogP contribution in [-0.4, -0.2) is 16.1 Å². The fraction of sp³-hybridized carbons (Fsp3) is 0.231. The summed E-state index contributed by atoms with van der Waals surface area (Å²) in [6.07, 6.45) is 3.18. The molecule has 1 heterocycles.